The summed E-state index contributed by atoms with van der Waals surface area (Å²) in [6, 6.07) is 13.7. The lowest BCUT2D eigenvalue weighted by molar-refractivity contribution is -0.116. The van der Waals surface area contributed by atoms with Crippen molar-refractivity contribution in [1.29, 1.82) is 0 Å². The van der Waals surface area contributed by atoms with Gasteiger partial charge in [-0.25, -0.2) is 4.39 Å². The van der Waals surface area contributed by atoms with Crippen LogP contribution in [-0.4, -0.2) is 17.9 Å². The molecule has 0 fully saturated rings. The number of rotatable bonds is 4. The third kappa shape index (κ3) is 3.92. The topological polar surface area (TPSA) is 58.2 Å². The summed E-state index contributed by atoms with van der Waals surface area (Å²) in [5.74, 6) is -1.000. The highest BCUT2D eigenvalue weighted by Gasteiger charge is 2.38. The molecule has 2 aromatic rings. The summed E-state index contributed by atoms with van der Waals surface area (Å²) < 4.78 is 13.2. The number of Topliss-reactive ketones (excluding diaryl/α,β-unsaturated/α-hetero) is 1. The van der Waals surface area contributed by atoms with Gasteiger partial charge in [-0.3, -0.25) is 9.59 Å². The largest absolute Gasteiger partial charge is 0.362 e. The summed E-state index contributed by atoms with van der Waals surface area (Å²) in [7, 11) is 0. The molecule has 4 nitrogen and oxygen atoms in total. The second kappa shape index (κ2) is 8.48. The molecule has 0 bridgehead atoms. The molecule has 4 rings (SSSR count). The molecule has 1 aliphatic heterocycles. The van der Waals surface area contributed by atoms with Crippen LogP contribution in [-0.2, 0) is 9.59 Å². The van der Waals surface area contributed by atoms with Crippen molar-refractivity contribution >= 4 is 29.1 Å². The smallest absolute Gasteiger partial charge is 0.254 e. The van der Waals surface area contributed by atoms with Crippen LogP contribution in [0, 0.1) is 5.82 Å². The number of amides is 1. The van der Waals surface area contributed by atoms with Gasteiger partial charge in [-0.1, -0.05) is 12.1 Å². The molecule has 0 unspecified atom stereocenters. The van der Waals surface area contributed by atoms with Gasteiger partial charge in [0.05, 0.1) is 0 Å². The van der Waals surface area contributed by atoms with Crippen molar-refractivity contribution in [2.75, 3.05) is 11.6 Å². The molecule has 1 heterocycles. The summed E-state index contributed by atoms with van der Waals surface area (Å²) in [6.45, 7) is 1.87. The molecule has 1 aliphatic carbocycles. The molecule has 2 aromatic carbocycles. The van der Waals surface area contributed by atoms with Gasteiger partial charge in [0, 0.05) is 45.5 Å². The summed E-state index contributed by atoms with van der Waals surface area (Å²) in [6.07, 6.45) is 4.11. The van der Waals surface area contributed by atoms with Gasteiger partial charge in [-0.2, -0.15) is 0 Å². The van der Waals surface area contributed by atoms with E-state index in [1.54, 1.807) is 11.8 Å². The van der Waals surface area contributed by atoms with E-state index >= 15 is 0 Å². The highest BCUT2D eigenvalue weighted by molar-refractivity contribution is 7.98. The maximum absolute atomic E-state index is 13.3. The van der Waals surface area contributed by atoms with Gasteiger partial charge in [0.1, 0.15) is 5.82 Å². The number of anilines is 1. The van der Waals surface area contributed by atoms with Crippen LogP contribution in [0.25, 0.3) is 0 Å². The number of benzene rings is 2. The Bertz CT molecular complexity index is 1060. The Hall–Kier alpha value is -2.86. The fraction of sp³-hybridized carbons (Fsp3) is 0.250. The minimum absolute atomic E-state index is 0.0854. The van der Waals surface area contributed by atoms with Gasteiger partial charge in [0.25, 0.3) is 5.91 Å². The first-order valence-corrected chi connectivity index (χ1v) is 11.2. The molecule has 1 atom stereocenters. The maximum Gasteiger partial charge on any atom is 0.254 e. The van der Waals surface area contributed by atoms with E-state index in [0.29, 0.717) is 23.3 Å². The van der Waals surface area contributed by atoms with Gasteiger partial charge < -0.3 is 10.6 Å². The Balaban J connectivity index is 1.76. The van der Waals surface area contributed by atoms with Crippen molar-refractivity contribution in [2.24, 2.45) is 0 Å². The highest BCUT2D eigenvalue weighted by atomic mass is 32.2. The van der Waals surface area contributed by atoms with Gasteiger partial charge in [-0.05, 0) is 68.0 Å². The van der Waals surface area contributed by atoms with E-state index in [2.05, 4.69) is 10.6 Å². The van der Waals surface area contributed by atoms with Gasteiger partial charge in [0.2, 0.25) is 0 Å². The van der Waals surface area contributed by atoms with Crippen LogP contribution < -0.4 is 10.6 Å². The van der Waals surface area contributed by atoms with Crippen molar-refractivity contribution in [2.45, 2.75) is 37.0 Å². The van der Waals surface area contributed by atoms with Crippen LogP contribution in [0.1, 0.15) is 37.7 Å². The second-order valence-corrected chi connectivity index (χ2v) is 8.38. The molecule has 6 heteroatoms. The fourth-order valence-electron chi connectivity index (χ4n) is 4.15. The van der Waals surface area contributed by atoms with E-state index in [1.807, 2.05) is 37.4 Å². The zero-order valence-electron chi connectivity index (χ0n) is 16.9. The molecule has 0 spiro atoms. The average Bonchev–Trinajstić information content (AvgIpc) is 2.74. The zero-order valence-corrected chi connectivity index (χ0v) is 17.7. The number of thioether (sulfide) groups is 1. The molecule has 2 aliphatic rings. The van der Waals surface area contributed by atoms with Crippen LogP contribution in [0.5, 0.6) is 0 Å². The van der Waals surface area contributed by atoms with Crippen LogP contribution in [0.15, 0.2) is 76.0 Å². The molecular weight excluding hydrogens is 399 g/mol. The predicted molar refractivity (Wildman–Crippen MR) is 118 cm³/mol. The summed E-state index contributed by atoms with van der Waals surface area (Å²) in [5, 5.41) is 6.17. The number of allylic oxidation sites excluding steroid dienone is 3. The Kier molecular flexibility index (Phi) is 5.77. The van der Waals surface area contributed by atoms with Crippen LogP contribution in [0.3, 0.4) is 0 Å². The number of ketones is 1. The fourth-order valence-corrected chi connectivity index (χ4v) is 4.55. The monoisotopic (exact) mass is 422 g/mol. The van der Waals surface area contributed by atoms with E-state index in [0.717, 1.165) is 34.7 Å². The van der Waals surface area contributed by atoms with Gasteiger partial charge in [0.15, 0.2) is 5.78 Å². The Morgan fingerprint density at radius 2 is 1.80 bits per heavy atom. The van der Waals surface area contributed by atoms with Crippen molar-refractivity contribution in [3.8, 4) is 0 Å². The quantitative estimate of drug-likeness (QED) is 0.669. The number of hydrogen-bond donors (Lipinski definition) is 2. The first-order chi connectivity index (χ1) is 14.5. The highest BCUT2D eigenvalue weighted by Crippen LogP contribution is 2.42. The standard InChI is InChI=1S/C24H23FN2O2S/c1-14-21(24(29)27-17-10-8-16(25)9-11-17)22(15-6-12-18(30-2)13-7-15)23-19(26-14)4-3-5-20(23)28/h6-13,22,26H,3-5H2,1-2H3,(H,27,29)/t22-/m0/s1. The van der Waals surface area contributed by atoms with Crippen molar-refractivity contribution < 1.29 is 14.0 Å². The van der Waals surface area contributed by atoms with Crippen molar-refractivity contribution in [3.05, 3.63) is 82.5 Å². The van der Waals surface area contributed by atoms with Crippen molar-refractivity contribution in [1.82, 2.24) is 5.32 Å². The van der Waals surface area contributed by atoms with Gasteiger partial charge >= 0.3 is 0 Å². The Morgan fingerprint density at radius 1 is 1.10 bits per heavy atom. The molecule has 0 radical (unpaired) electrons. The lowest BCUT2D eigenvalue weighted by atomic mass is 9.75. The SMILES string of the molecule is CSc1ccc([C@H]2C(C(=O)Nc3ccc(F)cc3)=C(C)NC3=C2C(=O)CCC3)cc1. The van der Waals surface area contributed by atoms with E-state index in [9.17, 15) is 14.0 Å². The number of hydrogen-bond acceptors (Lipinski definition) is 4. The van der Waals surface area contributed by atoms with E-state index < -0.39 is 5.92 Å². The Morgan fingerprint density at radius 3 is 2.47 bits per heavy atom. The molecule has 154 valence electrons. The van der Waals surface area contributed by atoms with Crippen molar-refractivity contribution in [3.63, 3.8) is 0 Å². The van der Waals surface area contributed by atoms with E-state index in [-0.39, 0.29) is 17.5 Å². The first-order valence-electron chi connectivity index (χ1n) is 9.93. The molecular formula is C24H23FN2O2S. The number of nitrogens with one attached hydrogen (secondary N) is 2. The molecule has 0 aromatic heterocycles. The third-order valence-electron chi connectivity index (χ3n) is 5.57. The number of halogens is 1. The molecule has 2 N–H and O–H groups in total. The number of dihydropyridines is 1. The minimum atomic E-state index is -0.426. The van der Waals surface area contributed by atoms with Crippen LogP contribution in [0.2, 0.25) is 0 Å². The molecule has 0 saturated heterocycles. The average molecular weight is 423 g/mol. The Labute approximate surface area is 179 Å². The minimum Gasteiger partial charge on any atom is -0.362 e. The van der Waals surface area contributed by atoms with Crippen LogP contribution in [0.4, 0.5) is 10.1 Å². The summed E-state index contributed by atoms with van der Waals surface area (Å²) in [4.78, 5) is 27.3. The number of carbonyl (C=O) groups is 2. The number of carbonyl (C=O) groups excluding carboxylic acids is 2. The second-order valence-electron chi connectivity index (χ2n) is 7.50. The molecule has 0 saturated carbocycles. The zero-order chi connectivity index (χ0) is 21.3. The van der Waals surface area contributed by atoms with E-state index in [4.69, 9.17) is 0 Å². The lowest BCUT2D eigenvalue weighted by Gasteiger charge is -2.34. The van der Waals surface area contributed by atoms with Gasteiger partial charge in [-0.15, -0.1) is 11.8 Å². The first kappa shape index (κ1) is 20.4. The van der Waals surface area contributed by atoms with E-state index in [1.165, 1.54) is 24.3 Å². The summed E-state index contributed by atoms with van der Waals surface area (Å²) in [5.41, 5.74) is 4.29. The molecule has 1 amide bonds. The third-order valence-corrected chi connectivity index (χ3v) is 6.32. The predicted octanol–water partition coefficient (Wildman–Crippen LogP) is 5.15. The summed E-state index contributed by atoms with van der Waals surface area (Å²) >= 11 is 1.64. The maximum atomic E-state index is 13.3. The molecule has 30 heavy (non-hydrogen) atoms. The lowest BCUT2D eigenvalue weighted by Crippen LogP contribution is -2.35. The normalized spacial score (nSPS) is 18.8. The van der Waals surface area contributed by atoms with Crippen LogP contribution >= 0.6 is 11.8 Å².